The number of nitrogens with zero attached hydrogens (tertiary/aromatic N) is 1. The van der Waals surface area contributed by atoms with Gasteiger partial charge in [-0.2, -0.15) is 0 Å². The fourth-order valence-corrected chi connectivity index (χ4v) is 6.20. The zero-order valence-corrected chi connectivity index (χ0v) is 31.4. The van der Waals surface area contributed by atoms with Crippen LogP contribution in [0.15, 0.2) is 23.8 Å². The van der Waals surface area contributed by atoms with Crippen molar-refractivity contribution in [2.45, 2.75) is 141 Å². The van der Waals surface area contributed by atoms with E-state index < -0.39 is 18.7 Å². The van der Waals surface area contributed by atoms with Gasteiger partial charge >= 0.3 is 5.97 Å². The number of likely N-dealkylation sites (N-methyl/N-ethyl adjacent to an activating group) is 1. The number of methoxy groups -OCH3 is 3. The zero-order chi connectivity index (χ0) is 36.9. The molecule has 0 radical (unpaired) electrons. The highest BCUT2D eigenvalue weighted by Crippen LogP contribution is 2.27. The summed E-state index contributed by atoms with van der Waals surface area (Å²) in [5.74, 6) is -0.263. The Hall–Kier alpha value is -2.03. The molecule has 49 heavy (non-hydrogen) atoms. The van der Waals surface area contributed by atoms with Crippen LogP contribution in [0, 0.1) is 11.8 Å². The first kappa shape index (κ1) is 45.0. The van der Waals surface area contributed by atoms with Crippen LogP contribution < -0.4 is 0 Å². The Balaban J connectivity index is 0.000000849. The molecule has 2 aliphatic heterocycles. The van der Waals surface area contributed by atoms with Gasteiger partial charge in [-0.3, -0.25) is 9.59 Å². The highest BCUT2D eigenvalue weighted by molar-refractivity contribution is 5.90. The minimum absolute atomic E-state index is 0.0418. The zero-order valence-electron chi connectivity index (χ0n) is 31.4. The monoisotopic (exact) mass is 699 g/mol. The third-order valence-corrected chi connectivity index (χ3v) is 9.17. The first-order valence-corrected chi connectivity index (χ1v) is 17.7. The van der Waals surface area contributed by atoms with E-state index in [0.29, 0.717) is 51.4 Å². The summed E-state index contributed by atoms with van der Waals surface area (Å²) in [6.45, 7) is 7.83. The predicted molar refractivity (Wildman–Crippen MR) is 187 cm³/mol. The average Bonchev–Trinajstić information content (AvgIpc) is 3.06. The molecule has 12 nitrogen and oxygen atoms in total. The van der Waals surface area contributed by atoms with E-state index in [0.717, 1.165) is 24.7 Å². The van der Waals surface area contributed by atoms with E-state index in [1.54, 1.807) is 33.3 Å². The van der Waals surface area contributed by atoms with Crippen LogP contribution in [0.25, 0.3) is 0 Å². The van der Waals surface area contributed by atoms with Crippen molar-refractivity contribution in [3.8, 4) is 0 Å². The largest absolute Gasteiger partial charge is 0.462 e. The van der Waals surface area contributed by atoms with Crippen LogP contribution in [-0.2, 0) is 42.8 Å². The molecule has 2 aliphatic rings. The Morgan fingerprint density at radius 3 is 2.35 bits per heavy atom. The summed E-state index contributed by atoms with van der Waals surface area (Å²) >= 11 is 0. The van der Waals surface area contributed by atoms with Gasteiger partial charge in [0.1, 0.15) is 18.5 Å². The van der Waals surface area contributed by atoms with E-state index in [9.17, 15) is 19.5 Å². The van der Waals surface area contributed by atoms with Crippen molar-refractivity contribution in [1.29, 1.82) is 0 Å². The van der Waals surface area contributed by atoms with Gasteiger partial charge in [0.15, 0.2) is 18.4 Å². The summed E-state index contributed by atoms with van der Waals surface area (Å²) in [6, 6.07) is -0.0695. The number of cyclic esters (lactones) is 1. The first-order chi connectivity index (χ1) is 23.3. The summed E-state index contributed by atoms with van der Waals surface area (Å²) in [5, 5.41) is 18.5. The van der Waals surface area contributed by atoms with E-state index >= 15 is 0 Å². The van der Waals surface area contributed by atoms with E-state index in [-0.39, 0.29) is 60.7 Å². The molecule has 1 fully saturated rings. The fraction of sp³-hybridized carbons (Fsp3) is 0.811. The molecule has 0 amide bonds. The number of ether oxygens (including phenoxy) is 6. The van der Waals surface area contributed by atoms with Crippen LogP contribution in [-0.4, -0.2) is 124 Å². The summed E-state index contributed by atoms with van der Waals surface area (Å²) in [7, 11) is 8.43. The van der Waals surface area contributed by atoms with Crippen molar-refractivity contribution < 1.29 is 53.0 Å². The molecule has 284 valence electrons. The van der Waals surface area contributed by atoms with E-state index in [1.165, 1.54) is 7.11 Å². The number of aliphatic hydroxyl groups is 2. The van der Waals surface area contributed by atoms with Crippen LogP contribution >= 0.6 is 0 Å². The van der Waals surface area contributed by atoms with Gasteiger partial charge in [0, 0.05) is 65.4 Å². The maximum Gasteiger partial charge on any atom is 0.306 e. The van der Waals surface area contributed by atoms with Crippen LogP contribution in [0.5, 0.6) is 0 Å². The second-order valence-electron chi connectivity index (χ2n) is 13.4. The van der Waals surface area contributed by atoms with Gasteiger partial charge < -0.3 is 48.3 Å². The predicted octanol–water partition coefficient (Wildman–Crippen LogP) is 4.39. The molecule has 0 aromatic heterocycles. The second-order valence-corrected chi connectivity index (χ2v) is 13.4. The molecule has 0 aromatic carbocycles. The maximum absolute atomic E-state index is 12.7. The van der Waals surface area contributed by atoms with Crippen LogP contribution in [0.3, 0.4) is 0 Å². The highest BCUT2D eigenvalue weighted by atomic mass is 16.7. The van der Waals surface area contributed by atoms with Gasteiger partial charge in [0.25, 0.3) is 0 Å². The van der Waals surface area contributed by atoms with Crippen LogP contribution in [0.4, 0.5) is 0 Å². The third-order valence-electron chi connectivity index (χ3n) is 9.17. The molecule has 0 aromatic rings. The number of aliphatic hydroxyl groups excluding tert-OH is 2. The Labute approximate surface area is 294 Å². The van der Waals surface area contributed by atoms with Crippen molar-refractivity contribution in [1.82, 2.24) is 4.90 Å². The molecule has 0 saturated carbocycles. The van der Waals surface area contributed by atoms with Crippen molar-refractivity contribution in [2.75, 3.05) is 42.0 Å². The number of carbonyl (C=O) groups is 3. The lowest BCUT2D eigenvalue weighted by Crippen LogP contribution is -2.51. The molecular formula is C37H65NO11. The van der Waals surface area contributed by atoms with Crippen LogP contribution in [0.1, 0.15) is 91.9 Å². The second kappa shape index (κ2) is 25.0. The number of allylic oxidation sites excluding steroid dienone is 3. The van der Waals surface area contributed by atoms with Gasteiger partial charge in [-0.05, 0) is 66.1 Å². The number of hydrogen-bond donors (Lipinski definition) is 2. The standard InChI is InChI=1S/C29H46O8.C8H19NO3/c1-6-25-23(19-35-29-28(34-5)26(33-4)18-21(3)36-29)17-20(2)11-13-24(31)14-12-22(15-16-30)9-7-8-10-27(32)37-25;1-6(10)7(9(2)3)5-8(11)12-4/h11,13,16-17,21-23,25-26,28-29H,6-10,12,14-15,18-19H2,1-5H3;6-8,10-11H,5H2,1-4H3/b13-11+,20-17+;/t21?,22-,23?,25-,26?,28?,29?;/m1./s1. The van der Waals surface area contributed by atoms with Gasteiger partial charge in [0.05, 0.1) is 24.9 Å². The van der Waals surface area contributed by atoms with E-state index in [2.05, 4.69) is 0 Å². The summed E-state index contributed by atoms with van der Waals surface area (Å²) < 4.78 is 34.1. The molecule has 0 aliphatic carbocycles. The Bertz CT molecular complexity index is 993. The lowest BCUT2D eigenvalue weighted by molar-refractivity contribution is -0.276. The van der Waals surface area contributed by atoms with Crippen molar-refractivity contribution in [3.05, 3.63) is 23.8 Å². The Morgan fingerprint density at radius 2 is 1.78 bits per heavy atom. The Kier molecular flexibility index (Phi) is 23.0. The number of esters is 1. The van der Waals surface area contributed by atoms with Gasteiger partial charge in [-0.15, -0.1) is 0 Å². The lowest BCUT2D eigenvalue weighted by atomic mass is 9.92. The molecule has 2 N–H and O–H groups in total. The average molecular weight is 700 g/mol. The molecular weight excluding hydrogens is 634 g/mol. The number of aldehydes is 1. The maximum atomic E-state index is 12.7. The normalized spacial score (nSPS) is 31.3. The minimum atomic E-state index is -0.799. The van der Waals surface area contributed by atoms with Gasteiger partial charge in [0.2, 0.25) is 0 Å². The number of carbonyl (C=O) groups excluding carboxylic acids is 3. The Morgan fingerprint density at radius 1 is 1.06 bits per heavy atom. The van der Waals surface area contributed by atoms with Crippen LogP contribution in [0.2, 0.25) is 0 Å². The highest BCUT2D eigenvalue weighted by Gasteiger charge is 2.39. The summed E-state index contributed by atoms with van der Waals surface area (Å²) in [5.41, 5.74) is 0.879. The minimum Gasteiger partial charge on any atom is -0.462 e. The van der Waals surface area contributed by atoms with E-state index in [1.807, 2.05) is 45.8 Å². The lowest BCUT2D eigenvalue weighted by Gasteiger charge is -2.39. The molecule has 2 heterocycles. The number of rotatable bonds is 13. The molecule has 1 saturated heterocycles. The topological polar surface area (TPSA) is 150 Å². The quantitative estimate of drug-likeness (QED) is 0.160. The molecule has 8 unspecified atom stereocenters. The third kappa shape index (κ3) is 17.6. The van der Waals surface area contributed by atoms with Gasteiger partial charge in [-0.25, -0.2) is 0 Å². The van der Waals surface area contributed by atoms with Crippen molar-refractivity contribution in [2.24, 2.45) is 11.8 Å². The van der Waals surface area contributed by atoms with E-state index in [4.69, 9.17) is 33.5 Å². The van der Waals surface area contributed by atoms with Crippen molar-refractivity contribution >= 4 is 18.0 Å². The molecule has 0 spiro atoms. The smallest absolute Gasteiger partial charge is 0.306 e. The van der Waals surface area contributed by atoms with Crippen molar-refractivity contribution in [3.63, 3.8) is 0 Å². The van der Waals surface area contributed by atoms with Gasteiger partial charge in [-0.1, -0.05) is 37.5 Å². The first-order valence-electron chi connectivity index (χ1n) is 17.7. The number of hydrogen-bond acceptors (Lipinski definition) is 12. The molecule has 0 bridgehead atoms. The summed E-state index contributed by atoms with van der Waals surface area (Å²) in [6.07, 6.45) is 9.38. The summed E-state index contributed by atoms with van der Waals surface area (Å²) in [4.78, 5) is 38.1. The molecule has 10 atom stereocenters. The molecule has 12 heteroatoms. The molecule has 2 rings (SSSR count). The number of ketones is 1. The fourth-order valence-electron chi connectivity index (χ4n) is 6.20. The SMILES string of the molecule is CC[C@H]1OC(=O)CCCC[C@@H](CC=O)CCC(=O)/C=C/C(C)=C/C1COC1OC(C)CC(OC)C1OC.COC(O)CC(C(C)O)N(C)C.